The van der Waals surface area contributed by atoms with Gasteiger partial charge in [0.15, 0.2) is 5.78 Å². The van der Waals surface area contributed by atoms with E-state index in [-0.39, 0.29) is 17.5 Å². The zero-order valence-corrected chi connectivity index (χ0v) is 16.9. The van der Waals surface area contributed by atoms with Crippen LogP contribution in [0.3, 0.4) is 0 Å². The standard InChI is InChI=1S/C25H20ClFN2O/c26-18-9-3-1-7-16(18)15-13-22-24(23(30)14-15)25(17-8-2-4-10-19(17)27)29-21-12-6-5-11-20(21)28-22/h1-12,15,25,28-29H,13-14H2/t15-,25-/m1/s1. The number of rotatable bonds is 2. The summed E-state index contributed by atoms with van der Waals surface area (Å²) in [4.78, 5) is 13.4. The van der Waals surface area contributed by atoms with E-state index in [0.717, 1.165) is 22.6 Å². The Bertz CT molecular complexity index is 1170. The molecule has 1 aliphatic heterocycles. The number of carbonyl (C=O) groups is 1. The Hall–Kier alpha value is -3.11. The zero-order valence-electron chi connectivity index (χ0n) is 16.2. The van der Waals surface area contributed by atoms with E-state index in [1.807, 2.05) is 48.5 Å². The maximum absolute atomic E-state index is 14.8. The molecule has 150 valence electrons. The van der Waals surface area contributed by atoms with Gasteiger partial charge in [0.1, 0.15) is 5.82 Å². The van der Waals surface area contributed by atoms with Gasteiger partial charge in [-0.25, -0.2) is 4.39 Å². The Kier molecular flexibility index (Phi) is 4.80. The average Bonchev–Trinajstić information content (AvgIpc) is 2.91. The van der Waals surface area contributed by atoms with Crippen LogP contribution < -0.4 is 10.6 Å². The molecular formula is C25H20ClFN2O. The summed E-state index contributed by atoms with van der Waals surface area (Å²) in [6.07, 6.45) is 0.971. The molecule has 2 atom stereocenters. The van der Waals surface area contributed by atoms with Crippen molar-refractivity contribution < 1.29 is 9.18 Å². The van der Waals surface area contributed by atoms with E-state index in [4.69, 9.17) is 11.6 Å². The van der Waals surface area contributed by atoms with E-state index in [1.165, 1.54) is 6.07 Å². The second-order valence-corrected chi connectivity index (χ2v) is 8.12. The maximum atomic E-state index is 14.8. The molecule has 2 aliphatic rings. The molecule has 0 saturated heterocycles. The van der Waals surface area contributed by atoms with E-state index >= 15 is 0 Å². The van der Waals surface area contributed by atoms with Crippen LogP contribution in [0.5, 0.6) is 0 Å². The molecule has 5 heteroatoms. The van der Waals surface area contributed by atoms with E-state index in [9.17, 15) is 9.18 Å². The number of para-hydroxylation sites is 2. The molecule has 0 saturated carbocycles. The van der Waals surface area contributed by atoms with Crippen LogP contribution >= 0.6 is 11.6 Å². The van der Waals surface area contributed by atoms with Gasteiger partial charge in [-0.2, -0.15) is 0 Å². The van der Waals surface area contributed by atoms with Crippen molar-refractivity contribution in [1.82, 2.24) is 0 Å². The predicted molar refractivity (Wildman–Crippen MR) is 118 cm³/mol. The fraction of sp³-hybridized carbons (Fsp3) is 0.160. The van der Waals surface area contributed by atoms with Crippen LogP contribution in [0.15, 0.2) is 84.1 Å². The van der Waals surface area contributed by atoms with Gasteiger partial charge in [-0.05, 0) is 42.2 Å². The third-order valence-electron chi connectivity index (χ3n) is 5.87. The van der Waals surface area contributed by atoms with E-state index in [2.05, 4.69) is 10.6 Å². The van der Waals surface area contributed by atoms with Gasteiger partial charge in [0.25, 0.3) is 0 Å². The summed E-state index contributed by atoms with van der Waals surface area (Å²) in [6, 6.07) is 21.5. The number of Topliss-reactive ketones (excluding diaryl/α,β-unsaturated/α-hetero) is 1. The highest BCUT2D eigenvalue weighted by molar-refractivity contribution is 6.31. The maximum Gasteiger partial charge on any atom is 0.163 e. The molecule has 1 aliphatic carbocycles. The minimum atomic E-state index is -0.558. The molecule has 0 fully saturated rings. The summed E-state index contributed by atoms with van der Waals surface area (Å²) in [5, 5.41) is 7.53. The second-order valence-electron chi connectivity index (χ2n) is 7.71. The molecule has 30 heavy (non-hydrogen) atoms. The van der Waals surface area contributed by atoms with Gasteiger partial charge in [-0.3, -0.25) is 4.79 Å². The Morgan fingerprint density at radius 3 is 2.27 bits per heavy atom. The number of hydrogen-bond donors (Lipinski definition) is 2. The van der Waals surface area contributed by atoms with Crippen molar-refractivity contribution in [2.75, 3.05) is 10.6 Å². The lowest BCUT2D eigenvalue weighted by Gasteiger charge is -2.30. The number of hydrogen-bond acceptors (Lipinski definition) is 3. The molecule has 1 heterocycles. The van der Waals surface area contributed by atoms with Gasteiger partial charge < -0.3 is 10.6 Å². The van der Waals surface area contributed by atoms with Crippen LogP contribution in [0.4, 0.5) is 15.8 Å². The SMILES string of the molecule is O=C1C[C@H](c2ccccc2Cl)CC2=C1[C@@H](c1ccccc1F)Nc1ccccc1N2. The Labute approximate surface area is 179 Å². The highest BCUT2D eigenvalue weighted by Gasteiger charge is 2.37. The monoisotopic (exact) mass is 418 g/mol. The Balaban J connectivity index is 1.64. The first-order valence-corrected chi connectivity index (χ1v) is 10.4. The van der Waals surface area contributed by atoms with Crippen LogP contribution in [-0.4, -0.2) is 5.78 Å². The predicted octanol–water partition coefficient (Wildman–Crippen LogP) is 6.46. The van der Waals surface area contributed by atoms with Crippen LogP contribution in [0, 0.1) is 5.82 Å². The van der Waals surface area contributed by atoms with Gasteiger partial charge in [0, 0.05) is 28.3 Å². The van der Waals surface area contributed by atoms with Crippen LogP contribution in [-0.2, 0) is 4.79 Å². The van der Waals surface area contributed by atoms with Crippen LogP contribution in [0.2, 0.25) is 5.02 Å². The summed E-state index contributed by atoms with van der Waals surface area (Å²) < 4.78 is 14.8. The summed E-state index contributed by atoms with van der Waals surface area (Å²) in [6.45, 7) is 0. The van der Waals surface area contributed by atoms with E-state index in [0.29, 0.717) is 29.0 Å². The zero-order chi connectivity index (χ0) is 20.7. The molecule has 0 amide bonds. The highest BCUT2D eigenvalue weighted by Crippen LogP contribution is 2.45. The first-order valence-electron chi connectivity index (χ1n) is 9.99. The van der Waals surface area contributed by atoms with E-state index < -0.39 is 6.04 Å². The summed E-state index contributed by atoms with van der Waals surface area (Å²) in [5.41, 5.74) is 4.56. The third-order valence-corrected chi connectivity index (χ3v) is 6.21. The molecule has 0 bridgehead atoms. The fourth-order valence-corrected chi connectivity index (χ4v) is 4.75. The molecule has 5 rings (SSSR count). The van der Waals surface area contributed by atoms with E-state index in [1.54, 1.807) is 18.2 Å². The highest BCUT2D eigenvalue weighted by atomic mass is 35.5. The summed E-state index contributed by atoms with van der Waals surface area (Å²) >= 11 is 6.43. The van der Waals surface area contributed by atoms with Gasteiger partial charge in [-0.15, -0.1) is 0 Å². The van der Waals surface area contributed by atoms with Gasteiger partial charge in [0.05, 0.1) is 17.4 Å². The largest absolute Gasteiger partial charge is 0.372 e. The van der Waals surface area contributed by atoms with Gasteiger partial charge >= 0.3 is 0 Å². The number of benzene rings is 3. The van der Waals surface area contributed by atoms with Crippen LogP contribution in [0.25, 0.3) is 0 Å². The number of halogens is 2. The van der Waals surface area contributed by atoms with Crippen molar-refractivity contribution >= 4 is 28.8 Å². The lowest BCUT2D eigenvalue weighted by atomic mass is 9.78. The molecule has 3 nitrogen and oxygen atoms in total. The minimum Gasteiger partial charge on any atom is -0.372 e. The normalized spacial score (nSPS) is 20.5. The lowest BCUT2D eigenvalue weighted by Crippen LogP contribution is -2.27. The van der Waals surface area contributed by atoms with Crippen LogP contribution in [0.1, 0.15) is 35.9 Å². The molecule has 0 unspecified atom stereocenters. The van der Waals surface area contributed by atoms with Crippen molar-refractivity contribution in [1.29, 1.82) is 0 Å². The third kappa shape index (κ3) is 3.27. The number of ketones is 1. The second kappa shape index (κ2) is 7.62. The molecule has 2 N–H and O–H groups in total. The van der Waals surface area contributed by atoms with Crippen molar-refractivity contribution in [3.05, 3.63) is 106 Å². The molecule has 0 spiro atoms. The average molecular weight is 419 g/mol. The van der Waals surface area contributed by atoms with Crippen molar-refractivity contribution in [3.8, 4) is 0 Å². The Morgan fingerprint density at radius 1 is 0.833 bits per heavy atom. The first kappa shape index (κ1) is 18.9. The van der Waals surface area contributed by atoms with Gasteiger partial charge in [-0.1, -0.05) is 60.1 Å². The minimum absolute atomic E-state index is 0.00206. The lowest BCUT2D eigenvalue weighted by molar-refractivity contribution is -0.116. The summed E-state index contributed by atoms with van der Waals surface area (Å²) in [5.74, 6) is -0.353. The molecular weight excluding hydrogens is 399 g/mol. The first-order chi connectivity index (χ1) is 14.6. The summed E-state index contributed by atoms with van der Waals surface area (Å²) in [7, 11) is 0. The van der Waals surface area contributed by atoms with Crippen molar-refractivity contribution in [2.45, 2.75) is 24.8 Å². The molecule has 3 aromatic carbocycles. The molecule has 3 aromatic rings. The molecule has 0 aromatic heterocycles. The smallest absolute Gasteiger partial charge is 0.163 e. The van der Waals surface area contributed by atoms with Gasteiger partial charge in [0.2, 0.25) is 0 Å². The Morgan fingerprint density at radius 2 is 1.50 bits per heavy atom. The number of carbonyl (C=O) groups excluding carboxylic acids is 1. The number of fused-ring (bicyclic) bond motifs is 1. The van der Waals surface area contributed by atoms with Crippen molar-refractivity contribution in [3.63, 3.8) is 0 Å². The number of anilines is 2. The topological polar surface area (TPSA) is 41.1 Å². The number of allylic oxidation sites excluding steroid dienone is 1. The molecule has 0 radical (unpaired) electrons. The number of nitrogens with one attached hydrogen (secondary N) is 2. The fourth-order valence-electron chi connectivity index (χ4n) is 4.46. The van der Waals surface area contributed by atoms with Crippen molar-refractivity contribution in [2.24, 2.45) is 0 Å². The quantitative estimate of drug-likeness (QED) is 0.501.